The van der Waals surface area contributed by atoms with Crippen LogP contribution in [0.1, 0.15) is 0 Å². The van der Waals surface area contributed by atoms with E-state index in [1.165, 1.54) is 59.8 Å². The summed E-state index contributed by atoms with van der Waals surface area (Å²) in [6.07, 6.45) is 0. The summed E-state index contributed by atoms with van der Waals surface area (Å²) in [5, 5.41) is 8.96. The fourth-order valence-electron chi connectivity index (χ4n) is 6.30. The summed E-state index contributed by atoms with van der Waals surface area (Å²) in [5.41, 5.74) is 8.24. The quantitative estimate of drug-likeness (QED) is 0.223. The first-order valence-electron chi connectivity index (χ1n) is 11.7. The highest BCUT2D eigenvalue weighted by molar-refractivity contribution is 6.35. The normalized spacial score (nSPS) is 12.7. The first-order chi connectivity index (χ1) is 16.9. The van der Waals surface area contributed by atoms with Crippen molar-refractivity contribution in [3.63, 3.8) is 0 Å². The van der Waals surface area contributed by atoms with Gasteiger partial charge < -0.3 is 4.40 Å². The molecule has 0 saturated carbocycles. The highest BCUT2D eigenvalue weighted by atomic mass is 15.0. The number of pyridine rings is 1. The van der Waals surface area contributed by atoms with Gasteiger partial charge in [0.1, 0.15) is 5.65 Å². The summed E-state index contributed by atoms with van der Waals surface area (Å²) < 4.78 is 4.83. The second-order valence-corrected chi connectivity index (χ2v) is 9.22. The van der Waals surface area contributed by atoms with E-state index in [-0.39, 0.29) is 0 Å². The molecule has 0 unspecified atom stereocenters. The molecule has 0 aliphatic heterocycles. The number of rotatable bonds is 0. The second-order valence-electron chi connectivity index (χ2n) is 9.22. The highest BCUT2D eigenvalue weighted by Crippen LogP contribution is 2.45. The molecule has 4 heterocycles. The Kier molecular flexibility index (Phi) is 2.81. The third-order valence-electron chi connectivity index (χ3n) is 7.59. The van der Waals surface area contributed by atoms with Gasteiger partial charge >= 0.3 is 0 Å². The Morgan fingerprint density at radius 2 is 1.06 bits per heavy atom. The minimum absolute atomic E-state index is 1.02. The number of nitrogens with zero attached hydrogens (tertiary/aromatic N) is 3. The average molecular weight is 431 g/mol. The smallest absolute Gasteiger partial charge is 0.146 e. The van der Waals surface area contributed by atoms with Crippen LogP contribution in [0.4, 0.5) is 0 Å². The molecule has 9 aromatic rings. The summed E-state index contributed by atoms with van der Waals surface area (Å²) in [6, 6.07) is 37.2. The van der Waals surface area contributed by atoms with Crippen molar-refractivity contribution in [2.45, 2.75) is 0 Å². The van der Waals surface area contributed by atoms with Crippen LogP contribution >= 0.6 is 0 Å². The van der Waals surface area contributed by atoms with Crippen molar-refractivity contribution in [2.75, 3.05) is 0 Å². The van der Waals surface area contributed by atoms with Gasteiger partial charge in [-0.05, 0) is 35.7 Å². The molecule has 0 amide bonds. The van der Waals surface area contributed by atoms with Crippen LogP contribution in [-0.4, -0.2) is 13.8 Å². The average Bonchev–Trinajstić information content (AvgIpc) is 3.55. The lowest BCUT2D eigenvalue weighted by atomic mass is 9.98. The van der Waals surface area contributed by atoms with Gasteiger partial charge in [0.05, 0.1) is 33.1 Å². The topological polar surface area (TPSA) is 21.7 Å². The summed E-state index contributed by atoms with van der Waals surface area (Å²) in [7, 11) is 0. The maximum atomic E-state index is 5.09. The first-order valence-corrected chi connectivity index (χ1v) is 11.7. The second kappa shape index (κ2) is 5.64. The number of imidazole rings is 1. The van der Waals surface area contributed by atoms with Crippen LogP contribution in [0.15, 0.2) is 103 Å². The Morgan fingerprint density at radius 3 is 1.88 bits per heavy atom. The van der Waals surface area contributed by atoms with Gasteiger partial charge in [-0.15, -0.1) is 0 Å². The molecule has 0 aliphatic carbocycles. The zero-order chi connectivity index (χ0) is 22.0. The molecule has 0 radical (unpaired) electrons. The van der Waals surface area contributed by atoms with Crippen LogP contribution in [0.25, 0.3) is 76.5 Å². The number of hydrogen-bond donors (Lipinski definition) is 0. The Morgan fingerprint density at radius 1 is 0.441 bits per heavy atom. The van der Waals surface area contributed by atoms with E-state index in [9.17, 15) is 0 Å². The Hall–Kier alpha value is -4.63. The number of aromatic nitrogens is 3. The lowest BCUT2D eigenvalue weighted by Gasteiger charge is -2.11. The van der Waals surface area contributed by atoms with Gasteiger partial charge in [0, 0.05) is 32.3 Å². The van der Waals surface area contributed by atoms with Crippen molar-refractivity contribution in [3.05, 3.63) is 103 Å². The predicted octanol–water partition coefficient (Wildman–Crippen LogP) is 7.94. The fourth-order valence-corrected chi connectivity index (χ4v) is 6.30. The Labute approximate surface area is 193 Å². The summed E-state index contributed by atoms with van der Waals surface area (Å²) in [4.78, 5) is 5.09. The van der Waals surface area contributed by atoms with E-state index in [0.29, 0.717) is 0 Å². The van der Waals surface area contributed by atoms with Gasteiger partial charge in [-0.25, -0.2) is 4.98 Å². The van der Waals surface area contributed by atoms with Crippen LogP contribution in [0.2, 0.25) is 0 Å². The minimum Gasteiger partial charge on any atom is -0.308 e. The number of hydrogen-bond acceptors (Lipinski definition) is 1. The molecule has 3 heteroatoms. The van der Waals surface area contributed by atoms with E-state index in [1.807, 2.05) is 0 Å². The number of fused-ring (bicyclic) bond motifs is 15. The van der Waals surface area contributed by atoms with E-state index < -0.39 is 0 Å². The van der Waals surface area contributed by atoms with Gasteiger partial charge in [-0.1, -0.05) is 72.8 Å². The van der Waals surface area contributed by atoms with E-state index in [4.69, 9.17) is 4.98 Å². The summed E-state index contributed by atoms with van der Waals surface area (Å²) >= 11 is 0. The minimum atomic E-state index is 1.02. The summed E-state index contributed by atoms with van der Waals surface area (Å²) in [6.45, 7) is 0. The molecule has 156 valence electrons. The molecule has 9 rings (SSSR count). The van der Waals surface area contributed by atoms with E-state index >= 15 is 0 Å². The van der Waals surface area contributed by atoms with Crippen molar-refractivity contribution < 1.29 is 0 Å². The molecule has 5 aromatic carbocycles. The molecular formula is C31H17N3. The van der Waals surface area contributed by atoms with Crippen LogP contribution < -0.4 is 0 Å². The maximum Gasteiger partial charge on any atom is 0.146 e. The monoisotopic (exact) mass is 431 g/mol. The maximum absolute atomic E-state index is 5.09. The lowest BCUT2D eigenvalue weighted by molar-refractivity contribution is 1.32. The zero-order valence-electron chi connectivity index (χ0n) is 18.2. The molecular weight excluding hydrogens is 414 g/mol. The third kappa shape index (κ3) is 1.78. The lowest BCUT2D eigenvalue weighted by Crippen LogP contribution is -1.92. The SMILES string of the molecule is c1ccc2c(c1)nc1c3ccccc3c3c4c5ccccc5n5c6ccccc6c(cc3n21)c45. The van der Waals surface area contributed by atoms with Gasteiger partial charge in [0.15, 0.2) is 0 Å². The van der Waals surface area contributed by atoms with E-state index in [1.54, 1.807) is 0 Å². The van der Waals surface area contributed by atoms with Crippen molar-refractivity contribution >= 4 is 76.5 Å². The van der Waals surface area contributed by atoms with Crippen LogP contribution in [0.3, 0.4) is 0 Å². The van der Waals surface area contributed by atoms with E-state index in [0.717, 1.165) is 16.7 Å². The van der Waals surface area contributed by atoms with Gasteiger partial charge in [-0.3, -0.25) is 4.40 Å². The van der Waals surface area contributed by atoms with Crippen molar-refractivity contribution in [2.24, 2.45) is 0 Å². The first kappa shape index (κ1) is 16.9. The summed E-state index contributed by atoms with van der Waals surface area (Å²) in [5.74, 6) is 0. The molecule has 0 aliphatic rings. The molecule has 4 aromatic heterocycles. The van der Waals surface area contributed by atoms with Crippen molar-refractivity contribution in [1.29, 1.82) is 0 Å². The molecule has 0 fully saturated rings. The van der Waals surface area contributed by atoms with Crippen LogP contribution in [0, 0.1) is 0 Å². The predicted molar refractivity (Wildman–Crippen MR) is 142 cm³/mol. The zero-order valence-corrected chi connectivity index (χ0v) is 18.2. The van der Waals surface area contributed by atoms with Crippen LogP contribution in [0.5, 0.6) is 0 Å². The fraction of sp³-hybridized carbons (Fsp3) is 0. The van der Waals surface area contributed by atoms with Gasteiger partial charge in [0.25, 0.3) is 0 Å². The Balaban J connectivity index is 1.76. The third-order valence-corrected chi connectivity index (χ3v) is 7.59. The van der Waals surface area contributed by atoms with E-state index in [2.05, 4.69) is 112 Å². The molecule has 0 N–H and O–H groups in total. The van der Waals surface area contributed by atoms with Crippen molar-refractivity contribution in [1.82, 2.24) is 13.8 Å². The van der Waals surface area contributed by atoms with Crippen molar-refractivity contribution in [3.8, 4) is 0 Å². The van der Waals surface area contributed by atoms with Gasteiger partial charge in [0.2, 0.25) is 0 Å². The largest absolute Gasteiger partial charge is 0.308 e. The standard InChI is InChI=1S/C31H17N3/c1-2-11-20-19(10-1)28-27(34-26-16-8-5-13-23(26)32-31(20)34)17-22-18-9-3-6-14-24(18)33-25-15-7-4-12-21(25)29(28)30(22)33/h1-17H. The van der Waals surface area contributed by atoms with Crippen LogP contribution in [-0.2, 0) is 0 Å². The van der Waals surface area contributed by atoms with Gasteiger partial charge in [-0.2, -0.15) is 0 Å². The molecule has 34 heavy (non-hydrogen) atoms. The molecule has 0 saturated heterocycles. The number of para-hydroxylation sites is 4. The molecule has 0 spiro atoms. The Bertz CT molecular complexity index is 2270. The molecule has 0 atom stereocenters. The molecule has 0 bridgehead atoms. The molecule has 3 nitrogen and oxygen atoms in total. The number of benzene rings is 5. The highest BCUT2D eigenvalue weighted by Gasteiger charge is 2.23.